The molecular formula is C19H16Cl2F2N2O2. The number of aliphatic hydroxyl groups is 1. The normalized spacial score (nSPS) is 26.5. The molecule has 0 unspecified atom stereocenters. The molecule has 4 nitrogen and oxygen atoms in total. The predicted molar refractivity (Wildman–Crippen MR) is 99.1 cm³/mol. The van der Waals surface area contributed by atoms with Crippen LogP contribution >= 0.6 is 23.2 Å². The Balaban J connectivity index is 1.92. The van der Waals surface area contributed by atoms with E-state index in [1.165, 1.54) is 18.2 Å². The minimum Gasteiger partial charge on any atom is -0.396 e. The van der Waals surface area contributed by atoms with E-state index in [0.717, 1.165) is 0 Å². The van der Waals surface area contributed by atoms with Gasteiger partial charge in [0.2, 0.25) is 5.91 Å². The van der Waals surface area contributed by atoms with Crippen LogP contribution in [0, 0.1) is 11.6 Å². The average Bonchev–Trinajstić information content (AvgIpc) is 3.12. The van der Waals surface area contributed by atoms with Crippen molar-refractivity contribution in [3.8, 4) is 0 Å². The molecule has 2 aromatic rings. The first kappa shape index (κ1) is 18.6. The second-order valence-corrected chi connectivity index (χ2v) is 7.67. The van der Waals surface area contributed by atoms with Crippen molar-refractivity contribution in [2.45, 2.75) is 30.3 Å². The van der Waals surface area contributed by atoms with Crippen molar-refractivity contribution in [1.29, 1.82) is 0 Å². The maximum atomic E-state index is 14.8. The summed E-state index contributed by atoms with van der Waals surface area (Å²) < 4.78 is 29.0. The molecule has 1 fully saturated rings. The molecule has 1 spiro atoms. The lowest BCUT2D eigenvalue weighted by atomic mass is 9.76. The van der Waals surface area contributed by atoms with Crippen LogP contribution < -0.4 is 10.6 Å². The first-order valence-electron chi connectivity index (χ1n) is 8.52. The lowest BCUT2D eigenvalue weighted by Crippen LogP contribution is -2.49. The van der Waals surface area contributed by atoms with Crippen molar-refractivity contribution < 1.29 is 18.7 Å². The first-order chi connectivity index (χ1) is 12.9. The molecule has 2 aliphatic heterocycles. The van der Waals surface area contributed by atoms with E-state index in [1.807, 2.05) is 0 Å². The summed E-state index contributed by atoms with van der Waals surface area (Å²) in [6.07, 6.45) is 0.758. The second kappa shape index (κ2) is 6.71. The number of halogens is 4. The van der Waals surface area contributed by atoms with Crippen molar-refractivity contribution in [2.24, 2.45) is 0 Å². The molecule has 2 aliphatic rings. The number of fused-ring (bicyclic) bond motifs is 2. The Bertz CT molecular complexity index is 940. The number of anilines is 1. The number of benzene rings is 2. The summed E-state index contributed by atoms with van der Waals surface area (Å²) in [5.41, 5.74) is -0.337. The number of amides is 1. The largest absolute Gasteiger partial charge is 0.396 e. The van der Waals surface area contributed by atoms with Gasteiger partial charge in [-0.2, -0.15) is 0 Å². The Morgan fingerprint density at radius 2 is 2.00 bits per heavy atom. The summed E-state index contributed by atoms with van der Waals surface area (Å²) in [6, 6.07) is 6.93. The Labute approximate surface area is 164 Å². The Morgan fingerprint density at radius 1 is 1.22 bits per heavy atom. The molecule has 4 rings (SSSR count). The van der Waals surface area contributed by atoms with Gasteiger partial charge in [-0.05, 0) is 36.6 Å². The molecule has 8 heteroatoms. The van der Waals surface area contributed by atoms with Gasteiger partial charge < -0.3 is 10.4 Å². The molecule has 0 radical (unpaired) electrons. The van der Waals surface area contributed by atoms with Gasteiger partial charge >= 0.3 is 0 Å². The SMILES string of the molecule is O=C1Nc2cc(Cl)c(F)cc2[C@]12N[C@@H](CCO)C[C@@H]2c1cccc(Cl)c1F. The molecule has 0 saturated carbocycles. The fourth-order valence-corrected chi connectivity index (χ4v) is 4.59. The lowest BCUT2D eigenvalue weighted by molar-refractivity contribution is -0.122. The molecule has 1 amide bonds. The van der Waals surface area contributed by atoms with E-state index >= 15 is 0 Å². The van der Waals surface area contributed by atoms with Crippen LogP contribution in [0.4, 0.5) is 14.5 Å². The Hall–Kier alpha value is -1.73. The maximum Gasteiger partial charge on any atom is 0.250 e. The van der Waals surface area contributed by atoms with Crippen molar-refractivity contribution in [3.63, 3.8) is 0 Å². The van der Waals surface area contributed by atoms with Crippen molar-refractivity contribution in [3.05, 3.63) is 63.1 Å². The summed E-state index contributed by atoms with van der Waals surface area (Å²) in [5.74, 6) is -2.31. The molecule has 3 N–H and O–H groups in total. The molecule has 142 valence electrons. The quantitative estimate of drug-likeness (QED) is 0.715. The summed E-state index contributed by atoms with van der Waals surface area (Å²) >= 11 is 11.8. The van der Waals surface area contributed by atoms with Crippen molar-refractivity contribution in [1.82, 2.24) is 5.32 Å². The van der Waals surface area contributed by atoms with Gasteiger partial charge in [-0.25, -0.2) is 8.78 Å². The number of hydrogen-bond acceptors (Lipinski definition) is 3. The lowest BCUT2D eigenvalue weighted by Gasteiger charge is -2.30. The summed E-state index contributed by atoms with van der Waals surface area (Å²) in [4.78, 5) is 13.1. The van der Waals surface area contributed by atoms with Gasteiger partial charge in [0, 0.05) is 29.8 Å². The van der Waals surface area contributed by atoms with Crippen molar-refractivity contribution >= 4 is 34.8 Å². The van der Waals surface area contributed by atoms with Crippen molar-refractivity contribution in [2.75, 3.05) is 11.9 Å². The van der Waals surface area contributed by atoms with Crippen LogP contribution in [-0.2, 0) is 10.3 Å². The van der Waals surface area contributed by atoms with E-state index in [1.54, 1.807) is 12.1 Å². The van der Waals surface area contributed by atoms with Gasteiger partial charge in [-0.15, -0.1) is 0 Å². The molecule has 2 aromatic carbocycles. The molecular weight excluding hydrogens is 397 g/mol. The van der Waals surface area contributed by atoms with Crippen LogP contribution in [0.2, 0.25) is 10.0 Å². The molecule has 27 heavy (non-hydrogen) atoms. The monoisotopic (exact) mass is 412 g/mol. The summed E-state index contributed by atoms with van der Waals surface area (Å²) in [5, 5.41) is 15.1. The number of rotatable bonds is 3. The van der Waals surface area contributed by atoms with Gasteiger partial charge in [0.25, 0.3) is 0 Å². The van der Waals surface area contributed by atoms with Gasteiger partial charge in [0.05, 0.1) is 10.0 Å². The number of aliphatic hydroxyl groups excluding tert-OH is 1. The smallest absolute Gasteiger partial charge is 0.250 e. The highest BCUT2D eigenvalue weighted by molar-refractivity contribution is 6.31. The molecule has 2 heterocycles. The average molecular weight is 413 g/mol. The molecule has 0 bridgehead atoms. The van der Waals surface area contributed by atoms with Crippen LogP contribution in [0.25, 0.3) is 0 Å². The van der Waals surface area contributed by atoms with Crippen LogP contribution in [0.15, 0.2) is 30.3 Å². The number of carbonyl (C=O) groups excluding carboxylic acids is 1. The third-order valence-corrected chi connectivity index (χ3v) is 5.98. The maximum absolute atomic E-state index is 14.8. The highest BCUT2D eigenvalue weighted by Crippen LogP contribution is 2.53. The standard InChI is InChI=1S/C19H16Cl2F2N2O2/c20-13-3-1-2-10(17(13)23)11-6-9(4-5-26)25-19(11)12-7-15(22)14(21)8-16(12)24-18(19)27/h1-3,7-9,11,25-26H,4-6H2,(H,24,27)/t9-,11+,19-/m0/s1. The minimum absolute atomic E-state index is 0.0471. The number of hydrogen-bond donors (Lipinski definition) is 3. The predicted octanol–water partition coefficient (Wildman–Crippen LogP) is 3.95. The van der Waals surface area contributed by atoms with Crippen LogP contribution in [0.1, 0.15) is 29.9 Å². The number of nitrogens with one attached hydrogen (secondary N) is 2. The topological polar surface area (TPSA) is 61.4 Å². The summed E-state index contributed by atoms with van der Waals surface area (Å²) in [7, 11) is 0. The van der Waals surface area contributed by atoms with E-state index < -0.39 is 29.0 Å². The second-order valence-electron chi connectivity index (χ2n) is 6.86. The number of carbonyl (C=O) groups is 1. The van der Waals surface area contributed by atoms with E-state index in [0.29, 0.717) is 24.1 Å². The van der Waals surface area contributed by atoms with E-state index in [9.17, 15) is 18.7 Å². The Kier molecular flexibility index (Phi) is 4.63. The molecule has 3 atom stereocenters. The molecule has 0 aliphatic carbocycles. The zero-order chi connectivity index (χ0) is 19.3. The highest BCUT2D eigenvalue weighted by atomic mass is 35.5. The van der Waals surface area contributed by atoms with E-state index in [4.69, 9.17) is 23.2 Å². The zero-order valence-corrected chi connectivity index (χ0v) is 15.5. The first-order valence-corrected chi connectivity index (χ1v) is 9.27. The van der Waals surface area contributed by atoms with Gasteiger partial charge in [-0.1, -0.05) is 35.3 Å². The zero-order valence-electron chi connectivity index (χ0n) is 14.0. The summed E-state index contributed by atoms with van der Waals surface area (Å²) in [6.45, 7) is -0.0953. The van der Waals surface area contributed by atoms with Gasteiger partial charge in [0.15, 0.2) is 0 Å². The molecule has 1 saturated heterocycles. The third-order valence-electron chi connectivity index (χ3n) is 5.40. The van der Waals surface area contributed by atoms with E-state index in [-0.39, 0.29) is 28.3 Å². The fraction of sp³-hybridized carbons (Fsp3) is 0.316. The van der Waals surface area contributed by atoms with Gasteiger partial charge in [-0.3, -0.25) is 10.1 Å². The highest BCUT2D eigenvalue weighted by Gasteiger charge is 2.58. The molecule has 0 aromatic heterocycles. The van der Waals surface area contributed by atoms with E-state index in [2.05, 4.69) is 10.6 Å². The van der Waals surface area contributed by atoms with Crippen LogP contribution in [0.3, 0.4) is 0 Å². The Morgan fingerprint density at radius 3 is 2.74 bits per heavy atom. The fourth-order valence-electron chi connectivity index (χ4n) is 4.25. The van der Waals surface area contributed by atoms with Gasteiger partial charge in [0.1, 0.15) is 17.2 Å². The van der Waals surface area contributed by atoms with Crippen LogP contribution in [-0.4, -0.2) is 23.7 Å². The van der Waals surface area contributed by atoms with Crippen LogP contribution in [0.5, 0.6) is 0 Å². The third kappa shape index (κ3) is 2.74. The minimum atomic E-state index is -1.37.